The van der Waals surface area contributed by atoms with Gasteiger partial charge in [0.25, 0.3) is 11.8 Å². The van der Waals surface area contributed by atoms with Crippen molar-refractivity contribution in [3.8, 4) is 0 Å². The lowest BCUT2D eigenvalue weighted by molar-refractivity contribution is -0.180. The van der Waals surface area contributed by atoms with Crippen LogP contribution in [-0.4, -0.2) is 21.5 Å². The lowest BCUT2D eigenvalue weighted by Gasteiger charge is -2.09. The number of alkyl halides is 1. The SMILES string of the molecule is O=ICON1C(=O)CCC1=O. The van der Waals surface area contributed by atoms with E-state index in [2.05, 4.69) is 4.84 Å². The second-order valence-electron chi connectivity index (χ2n) is 1.93. The van der Waals surface area contributed by atoms with Crippen molar-refractivity contribution in [1.29, 1.82) is 0 Å². The van der Waals surface area contributed by atoms with Crippen molar-refractivity contribution in [2.24, 2.45) is 0 Å². The van der Waals surface area contributed by atoms with Crippen LogP contribution in [0, 0.1) is 0 Å². The Bertz CT molecular complexity index is 189. The van der Waals surface area contributed by atoms with E-state index >= 15 is 0 Å². The maximum atomic E-state index is 10.8. The number of rotatable bonds is 3. The molecular weight excluding hydrogens is 265 g/mol. The minimum absolute atomic E-state index is 0.0175. The average Bonchev–Trinajstić information content (AvgIpc) is 2.29. The van der Waals surface area contributed by atoms with Crippen molar-refractivity contribution in [3.05, 3.63) is 0 Å². The number of hydroxylamine groups is 2. The summed E-state index contributed by atoms with van der Waals surface area (Å²) < 4.78 is 10.0. The van der Waals surface area contributed by atoms with Crippen molar-refractivity contribution < 1.29 is 17.5 Å². The van der Waals surface area contributed by atoms with Crippen LogP contribution in [0.2, 0.25) is 0 Å². The van der Waals surface area contributed by atoms with E-state index < -0.39 is 21.2 Å². The third-order valence-electron chi connectivity index (χ3n) is 1.23. The number of amides is 2. The fraction of sp³-hybridized carbons (Fsp3) is 0.600. The van der Waals surface area contributed by atoms with E-state index in [9.17, 15) is 12.7 Å². The first kappa shape index (κ1) is 8.72. The molecule has 1 heterocycles. The molecule has 1 aliphatic heterocycles. The zero-order valence-corrected chi connectivity index (χ0v) is 7.74. The molecule has 2 amide bonds. The third-order valence-corrected chi connectivity index (χ3v) is 1.76. The Morgan fingerprint density at radius 2 is 1.91 bits per heavy atom. The number of halogens is 1. The van der Waals surface area contributed by atoms with Crippen LogP contribution in [-0.2, 0) is 17.5 Å². The molecule has 0 bridgehead atoms. The molecule has 11 heavy (non-hydrogen) atoms. The Morgan fingerprint density at radius 1 is 1.36 bits per heavy atom. The molecule has 1 aliphatic rings. The van der Waals surface area contributed by atoms with Gasteiger partial charge < -0.3 is 0 Å². The van der Waals surface area contributed by atoms with Gasteiger partial charge in [0, 0.05) is 12.8 Å². The summed E-state index contributed by atoms with van der Waals surface area (Å²) in [5, 5.41) is 0.706. The molecular formula is C5H6INO4. The highest BCUT2D eigenvalue weighted by Gasteiger charge is 2.29. The molecule has 0 aliphatic carbocycles. The summed E-state index contributed by atoms with van der Waals surface area (Å²) in [4.78, 5) is 26.2. The van der Waals surface area contributed by atoms with E-state index in [1.54, 1.807) is 0 Å². The first-order chi connectivity index (χ1) is 5.25. The number of imide groups is 1. The monoisotopic (exact) mass is 271 g/mol. The van der Waals surface area contributed by atoms with E-state index in [-0.39, 0.29) is 29.3 Å². The maximum absolute atomic E-state index is 10.8. The molecule has 0 aromatic carbocycles. The minimum Gasteiger partial charge on any atom is -0.272 e. The second-order valence-corrected chi connectivity index (χ2v) is 3.17. The Balaban J connectivity index is 2.47. The number of nitrogens with zero attached hydrogens (tertiary/aromatic N) is 1. The van der Waals surface area contributed by atoms with Gasteiger partial charge in [0.1, 0.15) is 0 Å². The van der Waals surface area contributed by atoms with Crippen LogP contribution in [0.3, 0.4) is 0 Å². The highest BCUT2D eigenvalue weighted by molar-refractivity contribution is 14.1. The molecule has 0 aromatic rings. The number of hydrogen-bond donors (Lipinski definition) is 0. The lowest BCUT2D eigenvalue weighted by Crippen LogP contribution is -2.28. The Kier molecular flexibility index (Phi) is 3.06. The average molecular weight is 271 g/mol. The molecule has 0 aromatic heterocycles. The highest BCUT2D eigenvalue weighted by atomic mass is 127. The van der Waals surface area contributed by atoms with Crippen molar-refractivity contribution in [2.45, 2.75) is 12.8 Å². The maximum Gasteiger partial charge on any atom is 0.254 e. The fourth-order valence-electron chi connectivity index (χ4n) is 0.769. The van der Waals surface area contributed by atoms with Gasteiger partial charge >= 0.3 is 0 Å². The molecule has 0 saturated carbocycles. The van der Waals surface area contributed by atoms with Crippen molar-refractivity contribution in [2.75, 3.05) is 4.61 Å². The third kappa shape index (κ3) is 2.03. The summed E-state index contributed by atoms with van der Waals surface area (Å²) in [6.45, 7) is 0. The molecule has 0 N–H and O–H groups in total. The van der Waals surface area contributed by atoms with Crippen molar-refractivity contribution in [3.63, 3.8) is 0 Å². The van der Waals surface area contributed by atoms with Crippen molar-refractivity contribution >= 4 is 33.0 Å². The molecule has 0 atom stereocenters. The predicted molar refractivity (Wildman–Crippen MR) is 41.7 cm³/mol. The minimum atomic E-state index is -1.27. The number of hydrogen-bond acceptors (Lipinski definition) is 4. The molecule has 0 unspecified atom stereocenters. The van der Waals surface area contributed by atoms with Gasteiger partial charge in [-0.2, -0.15) is 5.06 Å². The van der Waals surface area contributed by atoms with Crippen LogP contribution in [0.15, 0.2) is 0 Å². The summed E-state index contributed by atoms with van der Waals surface area (Å²) in [5.41, 5.74) is 0. The van der Waals surface area contributed by atoms with Gasteiger partial charge in [-0.3, -0.25) is 12.7 Å². The van der Waals surface area contributed by atoms with E-state index in [0.717, 1.165) is 0 Å². The quantitative estimate of drug-likeness (QED) is 0.422. The largest absolute Gasteiger partial charge is 0.272 e. The van der Waals surface area contributed by atoms with Crippen molar-refractivity contribution in [1.82, 2.24) is 5.06 Å². The lowest BCUT2D eigenvalue weighted by atomic mass is 10.4. The predicted octanol–water partition coefficient (Wildman–Crippen LogP) is 0.341. The second kappa shape index (κ2) is 3.86. The fourth-order valence-corrected chi connectivity index (χ4v) is 1.16. The first-order valence-corrected chi connectivity index (χ1v) is 5.36. The Labute approximate surface area is 73.3 Å². The summed E-state index contributed by atoms with van der Waals surface area (Å²) in [6, 6.07) is 0. The molecule has 1 fully saturated rings. The normalized spacial score (nSPS) is 18.0. The summed E-state index contributed by atoms with van der Waals surface area (Å²) >= 11 is -1.27. The van der Waals surface area contributed by atoms with Crippen LogP contribution < -0.4 is 0 Å². The molecule has 0 spiro atoms. The molecule has 62 valence electrons. The number of carbonyl (C=O) groups is 2. The van der Waals surface area contributed by atoms with Gasteiger partial charge in [0.2, 0.25) is 0 Å². The van der Waals surface area contributed by atoms with Gasteiger partial charge in [-0.05, 0) is 0 Å². The molecule has 0 radical (unpaired) electrons. The number of carbonyl (C=O) groups excluding carboxylic acids is 2. The highest BCUT2D eigenvalue weighted by Crippen LogP contribution is 2.12. The summed E-state index contributed by atoms with van der Waals surface area (Å²) in [5.74, 6) is -0.681. The van der Waals surface area contributed by atoms with Crippen LogP contribution >= 0.6 is 21.2 Å². The topological polar surface area (TPSA) is 63.7 Å². The zero-order valence-electron chi connectivity index (χ0n) is 5.58. The Morgan fingerprint density at radius 3 is 2.36 bits per heavy atom. The zero-order chi connectivity index (χ0) is 8.27. The smallest absolute Gasteiger partial charge is 0.254 e. The van der Waals surface area contributed by atoms with Gasteiger partial charge in [0.05, 0.1) is 0 Å². The first-order valence-electron chi connectivity index (χ1n) is 2.96. The van der Waals surface area contributed by atoms with Crippen LogP contribution in [0.1, 0.15) is 12.8 Å². The van der Waals surface area contributed by atoms with Crippen LogP contribution in [0.5, 0.6) is 0 Å². The van der Waals surface area contributed by atoms with E-state index in [0.29, 0.717) is 5.06 Å². The summed E-state index contributed by atoms with van der Waals surface area (Å²) in [6.07, 6.45) is 0.409. The summed E-state index contributed by atoms with van der Waals surface area (Å²) in [7, 11) is 0. The standard InChI is InChI=1S/C5H6INO4/c8-4-1-2-5(9)7(4)11-3-6-10/h1-3H2. The van der Waals surface area contributed by atoms with Gasteiger partial charge in [0.15, 0.2) is 25.8 Å². The van der Waals surface area contributed by atoms with E-state index in [1.807, 2.05) is 0 Å². The molecule has 1 rings (SSSR count). The Hall–Kier alpha value is -0.370. The molecule has 6 heteroatoms. The molecule has 1 saturated heterocycles. The van der Waals surface area contributed by atoms with Crippen LogP contribution in [0.25, 0.3) is 0 Å². The van der Waals surface area contributed by atoms with Gasteiger partial charge in [-0.15, -0.1) is 0 Å². The van der Waals surface area contributed by atoms with E-state index in [4.69, 9.17) is 0 Å². The van der Waals surface area contributed by atoms with E-state index in [1.165, 1.54) is 0 Å². The molecule has 5 nitrogen and oxygen atoms in total. The van der Waals surface area contributed by atoms with Crippen LogP contribution in [0.4, 0.5) is 0 Å². The van der Waals surface area contributed by atoms with Gasteiger partial charge in [-0.25, -0.2) is 4.84 Å². The van der Waals surface area contributed by atoms with Gasteiger partial charge in [-0.1, -0.05) is 0 Å².